The first-order valence-electron chi connectivity index (χ1n) is 5.95. The quantitative estimate of drug-likeness (QED) is 0.866. The molecule has 0 heterocycles. The number of methoxy groups -OCH3 is 1. The molecular formula is C14H22BrNO. The van der Waals surface area contributed by atoms with Crippen molar-refractivity contribution in [3.05, 3.63) is 28.2 Å². The monoisotopic (exact) mass is 299 g/mol. The molecule has 1 aromatic rings. The molecule has 0 fully saturated rings. The number of ether oxygens (including phenoxy) is 1. The second kappa shape index (κ2) is 6.41. The lowest BCUT2D eigenvalue weighted by atomic mass is 9.86. The Balaban J connectivity index is 2.63. The molecular weight excluding hydrogens is 278 g/mol. The fourth-order valence-electron chi connectivity index (χ4n) is 1.90. The molecule has 0 amide bonds. The molecule has 0 unspecified atom stereocenters. The predicted octanol–water partition coefficient (Wildman–Crippen LogP) is 3.64. The van der Waals surface area contributed by atoms with E-state index >= 15 is 0 Å². The van der Waals surface area contributed by atoms with Crippen LogP contribution in [0.5, 0.6) is 5.75 Å². The molecule has 96 valence electrons. The maximum atomic E-state index is 5.19. The van der Waals surface area contributed by atoms with Crippen LogP contribution in [-0.4, -0.2) is 20.7 Å². The molecule has 1 rings (SSSR count). The van der Waals surface area contributed by atoms with E-state index in [4.69, 9.17) is 4.74 Å². The Labute approximate surface area is 113 Å². The lowest BCUT2D eigenvalue weighted by Crippen LogP contribution is -2.27. The van der Waals surface area contributed by atoms with Crippen LogP contribution in [0.15, 0.2) is 22.7 Å². The molecule has 0 aliphatic carbocycles. The maximum absolute atomic E-state index is 5.19. The first-order valence-corrected chi connectivity index (χ1v) is 6.75. The number of hydrogen-bond donors (Lipinski definition) is 1. The van der Waals surface area contributed by atoms with Crippen LogP contribution < -0.4 is 10.1 Å². The van der Waals surface area contributed by atoms with Gasteiger partial charge in [0, 0.05) is 4.47 Å². The van der Waals surface area contributed by atoms with Crippen molar-refractivity contribution in [1.82, 2.24) is 5.32 Å². The fraction of sp³-hybridized carbons (Fsp3) is 0.571. The summed E-state index contributed by atoms with van der Waals surface area (Å²) in [5.41, 5.74) is 1.67. The Morgan fingerprint density at radius 3 is 2.59 bits per heavy atom. The van der Waals surface area contributed by atoms with Crippen LogP contribution in [0.3, 0.4) is 0 Å². The molecule has 0 saturated heterocycles. The molecule has 2 nitrogen and oxygen atoms in total. The molecule has 0 aromatic heterocycles. The van der Waals surface area contributed by atoms with Crippen molar-refractivity contribution < 1.29 is 4.74 Å². The summed E-state index contributed by atoms with van der Waals surface area (Å²) in [6.45, 7) is 5.63. The molecule has 3 heteroatoms. The van der Waals surface area contributed by atoms with Gasteiger partial charge >= 0.3 is 0 Å². The van der Waals surface area contributed by atoms with Gasteiger partial charge < -0.3 is 10.1 Å². The van der Waals surface area contributed by atoms with E-state index in [1.807, 2.05) is 19.2 Å². The van der Waals surface area contributed by atoms with Gasteiger partial charge in [-0.1, -0.05) is 35.8 Å². The molecule has 0 radical (unpaired) electrons. The summed E-state index contributed by atoms with van der Waals surface area (Å²) in [5.74, 6) is 0.898. The van der Waals surface area contributed by atoms with E-state index in [9.17, 15) is 0 Å². The van der Waals surface area contributed by atoms with Gasteiger partial charge in [-0.25, -0.2) is 0 Å². The van der Waals surface area contributed by atoms with Crippen molar-refractivity contribution >= 4 is 15.9 Å². The van der Waals surface area contributed by atoms with Gasteiger partial charge in [-0.15, -0.1) is 0 Å². The minimum absolute atomic E-state index is 0.327. The van der Waals surface area contributed by atoms with E-state index in [-0.39, 0.29) is 0 Å². The van der Waals surface area contributed by atoms with E-state index in [0.717, 1.165) is 23.2 Å². The van der Waals surface area contributed by atoms with Gasteiger partial charge in [0.1, 0.15) is 5.75 Å². The van der Waals surface area contributed by atoms with Crippen molar-refractivity contribution in [2.24, 2.45) is 5.41 Å². The molecule has 17 heavy (non-hydrogen) atoms. The maximum Gasteiger partial charge on any atom is 0.120 e. The Bertz CT molecular complexity index is 363. The molecule has 0 saturated carbocycles. The van der Waals surface area contributed by atoms with Crippen molar-refractivity contribution in [3.8, 4) is 5.75 Å². The fourth-order valence-corrected chi connectivity index (χ4v) is 2.45. The Morgan fingerprint density at radius 1 is 1.35 bits per heavy atom. The summed E-state index contributed by atoms with van der Waals surface area (Å²) in [4.78, 5) is 0. The van der Waals surface area contributed by atoms with Gasteiger partial charge in [-0.3, -0.25) is 0 Å². The molecule has 0 spiro atoms. The number of halogens is 1. The highest BCUT2D eigenvalue weighted by Crippen LogP contribution is 2.27. The van der Waals surface area contributed by atoms with Crippen LogP contribution in [0.2, 0.25) is 0 Å². The van der Waals surface area contributed by atoms with Crippen LogP contribution in [0.4, 0.5) is 0 Å². The standard InChI is InChI=1S/C14H22BrNO/c1-14(2,10-16-3)8-7-11-5-6-12(17-4)9-13(11)15/h5-6,9,16H,7-8,10H2,1-4H3. The number of rotatable bonds is 6. The minimum atomic E-state index is 0.327. The highest BCUT2D eigenvalue weighted by atomic mass is 79.9. The van der Waals surface area contributed by atoms with E-state index in [1.54, 1.807) is 7.11 Å². The third kappa shape index (κ3) is 4.68. The number of benzene rings is 1. The molecule has 0 aliphatic heterocycles. The first kappa shape index (κ1) is 14.5. The third-order valence-electron chi connectivity index (χ3n) is 2.99. The predicted molar refractivity (Wildman–Crippen MR) is 76.7 cm³/mol. The summed E-state index contributed by atoms with van der Waals surface area (Å²) in [7, 11) is 3.70. The van der Waals surface area contributed by atoms with Gasteiger partial charge in [-0.05, 0) is 49.5 Å². The van der Waals surface area contributed by atoms with E-state index in [0.29, 0.717) is 5.41 Å². The summed E-state index contributed by atoms with van der Waals surface area (Å²) in [5, 5.41) is 3.25. The molecule has 0 aliphatic rings. The van der Waals surface area contributed by atoms with Crippen molar-refractivity contribution in [1.29, 1.82) is 0 Å². The van der Waals surface area contributed by atoms with E-state index in [1.165, 1.54) is 12.0 Å². The number of hydrogen-bond acceptors (Lipinski definition) is 2. The Morgan fingerprint density at radius 2 is 2.06 bits per heavy atom. The average Bonchev–Trinajstić information content (AvgIpc) is 2.27. The summed E-state index contributed by atoms with van der Waals surface area (Å²) >= 11 is 3.60. The molecule has 0 bridgehead atoms. The van der Waals surface area contributed by atoms with Gasteiger partial charge in [0.25, 0.3) is 0 Å². The van der Waals surface area contributed by atoms with Gasteiger partial charge in [-0.2, -0.15) is 0 Å². The smallest absolute Gasteiger partial charge is 0.120 e. The van der Waals surface area contributed by atoms with Gasteiger partial charge in [0.05, 0.1) is 7.11 Å². The lowest BCUT2D eigenvalue weighted by molar-refractivity contribution is 0.324. The second-order valence-corrected chi connectivity index (χ2v) is 6.01. The minimum Gasteiger partial charge on any atom is -0.497 e. The highest BCUT2D eigenvalue weighted by molar-refractivity contribution is 9.10. The lowest BCUT2D eigenvalue weighted by Gasteiger charge is -2.24. The van der Waals surface area contributed by atoms with Crippen LogP contribution >= 0.6 is 15.9 Å². The van der Waals surface area contributed by atoms with Crippen LogP contribution in [0, 0.1) is 5.41 Å². The van der Waals surface area contributed by atoms with Crippen LogP contribution in [0.25, 0.3) is 0 Å². The second-order valence-electron chi connectivity index (χ2n) is 5.15. The van der Waals surface area contributed by atoms with E-state index < -0.39 is 0 Å². The number of aryl methyl sites for hydroxylation is 1. The Kier molecular flexibility index (Phi) is 5.47. The van der Waals surface area contributed by atoms with Crippen LogP contribution in [-0.2, 0) is 6.42 Å². The first-order chi connectivity index (χ1) is 7.98. The summed E-state index contributed by atoms with van der Waals surface area (Å²) in [6, 6.07) is 6.18. The topological polar surface area (TPSA) is 21.3 Å². The SMILES string of the molecule is CNCC(C)(C)CCc1ccc(OC)cc1Br. The summed E-state index contributed by atoms with van der Waals surface area (Å²) in [6.07, 6.45) is 2.25. The zero-order valence-corrected chi connectivity index (χ0v) is 12.7. The zero-order chi connectivity index (χ0) is 12.9. The Hall–Kier alpha value is -0.540. The normalized spacial score (nSPS) is 11.6. The third-order valence-corrected chi connectivity index (χ3v) is 3.72. The highest BCUT2D eigenvalue weighted by Gasteiger charge is 2.17. The average molecular weight is 300 g/mol. The van der Waals surface area contributed by atoms with Crippen molar-refractivity contribution in [3.63, 3.8) is 0 Å². The summed E-state index contributed by atoms with van der Waals surface area (Å²) < 4.78 is 6.33. The van der Waals surface area contributed by atoms with Gasteiger partial charge in [0.15, 0.2) is 0 Å². The van der Waals surface area contributed by atoms with Gasteiger partial charge in [0.2, 0.25) is 0 Å². The molecule has 0 atom stereocenters. The molecule has 1 aromatic carbocycles. The van der Waals surface area contributed by atoms with Crippen molar-refractivity contribution in [2.45, 2.75) is 26.7 Å². The molecule has 1 N–H and O–H groups in total. The van der Waals surface area contributed by atoms with Crippen molar-refractivity contribution in [2.75, 3.05) is 20.7 Å². The largest absolute Gasteiger partial charge is 0.497 e. The zero-order valence-electron chi connectivity index (χ0n) is 11.1. The van der Waals surface area contributed by atoms with Crippen LogP contribution in [0.1, 0.15) is 25.8 Å². The van der Waals surface area contributed by atoms with E-state index in [2.05, 4.69) is 41.2 Å². The number of nitrogens with one attached hydrogen (secondary N) is 1.